The van der Waals surface area contributed by atoms with Gasteiger partial charge in [-0.3, -0.25) is 9.59 Å². The molecule has 1 aromatic rings. The molecule has 2 aliphatic heterocycles. The second kappa shape index (κ2) is 9.21. The van der Waals surface area contributed by atoms with Gasteiger partial charge in [0.1, 0.15) is 18.0 Å². The molecule has 0 bridgehead atoms. The van der Waals surface area contributed by atoms with Gasteiger partial charge in [-0.05, 0) is 29.5 Å². The number of nitrogens with one attached hydrogen (secondary N) is 1. The van der Waals surface area contributed by atoms with E-state index in [4.69, 9.17) is 0 Å². The number of piperazine rings is 1. The number of hydrogen-bond donors (Lipinski definition) is 1. The van der Waals surface area contributed by atoms with Crippen LogP contribution in [0.2, 0.25) is 0 Å². The van der Waals surface area contributed by atoms with Gasteiger partial charge in [0, 0.05) is 20.1 Å². The Balaban J connectivity index is 1.85. The number of hydrogen-bond acceptors (Lipinski definition) is 4. The minimum absolute atomic E-state index is 0.0150. The van der Waals surface area contributed by atoms with Gasteiger partial charge in [-0.1, -0.05) is 39.8 Å². The molecule has 1 aromatic carbocycles. The Morgan fingerprint density at radius 3 is 2.39 bits per heavy atom. The number of hydrazine groups is 1. The zero-order chi connectivity index (χ0) is 22.9. The molecule has 0 aromatic heterocycles. The largest absolute Gasteiger partial charge is 0.337 e. The molecule has 2 saturated heterocycles. The molecule has 1 N–H and O–H groups in total. The summed E-state index contributed by atoms with van der Waals surface area (Å²) in [5.74, 6) is -0.379. The lowest BCUT2D eigenvalue weighted by atomic mass is 9.95. The molecule has 170 valence electrons. The number of benzene rings is 1. The molecule has 9 heteroatoms. The Kier molecular flexibility index (Phi) is 6.83. The molecular weight excluding hydrogens is 401 g/mol. The van der Waals surface area contributed by atoms with E-state index in [1.54, 1.807) is 34.0 Å². The van der Waals surface area contributed by atoms with Gasteiger partial charge in [-0.2, -0.15) is 0 Å². The van der Waals surface area contributed by atoms with Crippen molar-refractivity contribution in [1.29, 1.82) is 0 Å². The van der Waals surface area contributed by atoms with Crippen LogP contribution in [0.5, 0.6) is 0 Å². The summed E-state index contributed by atoms with van der Waals surface area (Å²) in [6.07, 6.45) is -0.580. The van der Waals surface area contributed by atoms with Crippen molar-refractivity contribution in [2.75, 3.05) is 26.7 Å². The summed E-state index contributed by atoms with van der Waals surface area (Å²) in [7, 11) is 1.69. The lowest BCUT2D eigenvalue weighted by Crippen LogP contribution is -2.76. The third kappa shape index (κ3) is 4.81. The topological polar surface area (TPSA) is 76.2 Å². The van der Waals surface area contributed by atoms with Gasteiger partial charge in [-0.15, -0.1) is 0 Å². The fourth-order valence-electron chi connectivity index (χ4n) is 4.33. The van der Waals surface area contributed by atoms with Crippen LogP contribution in [0.3, 0.4) is 0 Å². The maximum Gasteiger partial charge on any atom is 0.334 e. The molecule has 1 unspecified atom stereocenters. The van der Waals surface area contributed by atoms with Gasteiger partial charge in [0.2, 0.25) is 11.8 Å². The van der Waals surface area contributed by atoms with Crippen LogP contribution >= 0.6 is 0 Å². The molecule has 0 radical (unpaired) electrons. The summed E-state index contributed by atoms with van der Waals surface area (Å²) in [6, 6.07) is 4.95. The Bertz CT molecular complexity index is 829. The lowest BCUT2D eigenvalue weighted by molar-refractivity contribution is -0.190. The van der Waals surface area contributed by atoms with Crippen molar-refractivity contribution in [3.8, 4) is 0 Å². The van der Waals surface area contributed by atoms with Crippen LogP contribution in [0.15, 0.2) is 24.3 Å². The molecule has 2 aliphatic rings. The van der Waals surface area contributed by atoms with E-state index in [1.807, 2.05) is 27.7 Å². The molecule has 0 aliphatic carbocycles. The van der Waals surface area contributed by atoms with Crippen molar-refractivity contribution in [3.63, 3.8) is 0 Å². The number of amides is 4. The van der Waals surface area contributed by atoms with E-state index < -0.39 is 12.2 Å². The van der Waals surface area contributed by atoms with E-state index in [0.29, 0.717) is 6.54 Å². The average Bonchev–Trinajstić information content (AvgIpc) is 2.68. The van der Waals surface area contributed by atoms with Gasteiger partial charge in [0.25, 0.3) is 0 Å². The first-order valence-electron chi connectivity index (χ1n) is 10.7. The van der Waals surface area contributed by atoms with Crippen molar-refractivity contribution >= 4 is 17.8 Å². The highest BCUT2D eigenvalue weighted by Gasteiger charge is 2.51. The summed E-state index contributed by atoms with van der Waals surface area (Å²) in [5, 5.41) is 5.99. The average molecular weight is 434 g/mol. The molecule has 0 spiro atoms. The van der Waals surface area contributed by atoms with E-state index in [0.717, 1.165) is 5.56 Å². The quantitative estimate of drug-likeness (QED) is 0.769. The minimum atomic E-state index is -0.605. The molecule has 4 amide bonds. The van der Waals surface area contributed by atoms with Crippen LogP contribution < -0.4 is 5.32 Å². The number of urea groups is 1. The highest BCUT2D eigenvalue weighted by molar-refractivity contribution is 5.91. The fourth-order valence-corrected chi connectivity index (χ4v) is 4.33. The SMILES string of the molecule is CC(C)CN1CC2N(C(=O)CN(C)N2C(=O)NCc2ccc(F)cc2)[C@@H](C(C)C)C1=O. The first-order valence-corrected chi connectivity index (χ1v) is 10.7. The van der Waals surface area contributed by atoms with E-state index >= 15 is 0 Å². The van der Waals surface area contributed by atoms with E-state index in [-0.39, 0.29) is 55.1 Å². The van der Waals surface area contributed by atoms with Crippen LogP contribution in [0.1, 0.15) is 33.3 Å². The van der Waals surface area contributed by atoms with Gasteiger partial charge in [0.15, 0.2) is 0 Å². The first-order chi connectivity index (χ1) is 14.6. The summed E-state index contributed by atoms with van der Waals surface area (Å²) in [6.45, 7) is 8.99. The Labute approximate surface area is 182 Å². The molecular formula is C22H32FN5O3. The van der Waals surface area contributed by atoms with Crippen LogP contribution in [0.25, 0.3) is 0 Å². The van der Waals surface area contributed by atoms with E-state index in [9.17, 15) is 18.8 Å². The third-order valence-electron chi connectivity index (χ3n) is 5.65. The highest BCUT2D eigenvalue weighted by Crippen LogP contribution is 2.29. The van der Waals surface area contributed by atoms with Crippen LogP contribution in [0.4, 0.5) is 9.18 Å². The first kappa shape index (κ1) is 23.0. The van der Waals surface area contributed by atoms with Crippen LogP contribution in [-0.2, 0) is 16.1 Å². The normalized spacial score (nSPS) is 22.4. The monoisotopic (exact) mass is 433 g/mol. The minimum Gasteiger partial charge on any atom is -0.337 e. The maximum atomic E-state index is 13.2. The molecule has 2 fully saturated rings. The zero-order valence-corrected chi connectivity index (χ0v) is 18.8. The number of nitrogens with zero attached hydrogens (tertiary/aromatic N) is 4. The second-order valence-electron chi connectivity index (χ2n) is 9.05. The van der Waals surface area contributed by atoms with Gasteiger partial charge in [-0.25, -0.2) is 19.2 Å². The number of carbonyl (C=O) groups is 3. The zero-order valence-electron chi connectivity index (χ0n) is 18.8. The van der Waals surface area contributed by atoms with Crippen molar-refractivity contribution in [3.05, 3.63) is 35.6 Å². The van der Waals surface area contributed by atoms with Crippen molar-refractivity contribution in [2.24, 2.45) is 11.8 Å². The predicted octanol–water partition coefficient (Wildman–Crippen LogP) is 1.88. The number of rotatable bonds is 5. The Morgan fingerprint density at radius 1 is 1.16 bits per heavy atom. The smallest absolute Gasteiger partial charge is 0.334 e. The van der Waals surface area contributed by atoms with Gasteiger partial charge >= 0.3 is 6.03 Å². The molecule has 2 atom stereocenters. The van der Waals surface area contributed by atoms with E-state index in [2.05, 4.69) is 5.32 Å². The fraction of sp³-hybridized carbons (Fsp3) is 0.591. The molecule has 31 heavy (non-hydrogen) atoms. The van der Waals surface area contributed by atoms with E-state index in [1.165, 1.54) is 17.1 Å². The van der Waals surface area contributed by atoms with Crippen molar-refractivity contribution in [1.82, 2.24) is 25.1 Å². The number of halogens is 1. The van der Waals surface area contributed by atoms with Crippen molar-refractivity contribution < 1.29 is 18.8 Å². The summed E-state index contributed by atoms with van der Waals surface area (Å²) in [4.78, 5) is 42.6. The molecule has 8 nitrogen and oxygen atoms in total. The summed E-state index contributed by atoms with van der Waals surface area (Å²) >= 11 is 0. The Morgan fingerprint density at radius 2 is 1.81 bits per heavy atom. The lowest BCUT2D eigenvalue weighted by Gasteiger charge is -2.55. The van der Waals surface area contributed by atoms with Crippen LogP contribution in [0, 0.1) is 17.7 Å². The highest BCUT2D eigenvalue weighted by atomic mass is 19.1. The molecule has 2 heterocycles. The number of carbonyl (C=O) groups excluding carboxylic acids is 3. The summed E-state index contributed by atoms with van der Waals surface area (Å²) < 4.78 is 13.1. The maximum absolute atomic E-state index is 13.2. The van der Waals surface area contributed by atoms with Gasteiger partial charge in [0.05, 0.1) is 13.1 Å². The van der Waals surface area contributed by atoms with Crippen LogP contribution in [-0.4, -0.2) is 76.6 Å². The molecule has 3 rings (SSSR count). The second-order valence-corrected chi connectivity index (χ2v) is 9.05. The Hall–Kier alpha value is -2.68. The van der Waals surface area contributed by atoms with Crippen molar-refractivity contribution in [2.45, 2.75) is 46.4 Å². The molecule has 0 saturated carbocycles. The number of likely N-dealkylation sites (N-methyl/N-ethyl adjacent to an activating group) is 1. The van der Waals surface area contributed by atoms with Gasteiger partial charge < -0.3 is 15.1 Å². The third-order valence-corrected chi connectivity index (χ3v) is 5.65. The standard InChI is InChI=1S/C22H32FN5O3/c1-14(2)11-26-12-18-27(20(15(3)4)21(26)30)19(29)13-25(5)28(18)22(31)24-10-16-6-8-17(23)9-7-16/h6-9,14-15,18,20H,10-13H2,1-5H3,(H,24,31)/t18?,20-/m0/s1. The summed E-state index contributed by atoms with van der Waals surface area (Å²) in [5.41, 5.74) is 0.766. The number of fused-ring (bicyclic) bond motifs is 1. The predicted molar refractivity (Wildman–Crippen MR) is 114 cm³/mol.